The molecule has 0 aliphatic carbocycles. The summed E-state index contributed by atoms with van der Waals surface area (Å²) >= 11 is 1.37. The van der Waals surface area contributed by atoms with Crippen molar-refractivity contribution in [3.8, 4) is 11.3 Å². The molecule has 0 radical (unpaired) electrons. The zero-order valence-corrected chi connectivity index (χ0v) is 17.3. The lowest BCUT2D eigenvalue weighted by atomic mass is 10.0. The molecule has 148 valence electrons. The first-order valence-corrected chi connectivity index (χ1v) is 10.2. The molecule has 0 aliphatic rings. The van der Waals surface area contributed by atoms with Crippen molar-refractivity contribution in [3.63, 3.8) is 0 Å². The monoisotopic (exact) mass is 407 g/mol. The number of benzene rings is 1. The van der Waals surface area contributed by atoms with Gasteiger partial charge >= 0.3 is 0 Å². The van der Waals surface area contributed by atoms with Gasteiger partial charge in [0.25, 0.3) is 0 Å². The number of nitrogens with zero attached hydrogens (tertiary/aromatic N) is 3. The smallest absolute Gasteiger partial charge is 0.226 e. The highest BCUT2D eigenvalue weighted by atomic mass is 32.1. The lowest BCUT2D eigenvalue weighted by Gasteiger charge is -2.08. The number of aromatic nitrogens is 4. The van der Waals surface area contributed by atoms with E-state index < -0.39 is 0 Å². The number of carbonyl (C=O) groups excluding carboxylic acids is 1. The Balaban J connectivity index is 1.46. The summed E-state index contributed by atoms with van der Waals surface area (Å²) in [6, 6.07) is 7.41. The maximum absolute atomic E-state index is 12.7. The third-order valence-electron chi connectivity index (χ3n) is 5.08. The molecule has 3 heterocycles. The summed E-state index contributed by atoms with van der Waals surface area (Å²) < 4.78 is 1.79. The van der Waals surface area contributed by atoms with E-state index in [1.165, 1.54) is 11.3 Å². The van der Waals surface area contributed by atoms with Gasteiger partial charge in [0.2, 0.25) is 5.91 Å². The maximum atomic E-state index is 12.7. The molecule has 1 amide bonds. The van der Waals surface area contributed by atoms with E-state index in [2.05, 4.69) is 20.4 Å². The van der Waals surface area contributed by atoms with Crippen molar-refractivity contribution in [2.45, 2.75) is 26.7 Å². The van der Waals surface area contributed by atoms with E-state index in [0.717, 1.165) is 28.2 Å². The zero-order chi connectivity index (χ0) is 20.5. The first-order valence-electron chi connectivity index (χ1n) is 9.29. The molecule has 0 unspecified atom stereocenters. The fraction of sp³-hybridized carbons (Fsp3) is 0.238. The molecule has 2 N–H and O–H groups in total. The van der Waals surface area contributed by atoms with Crippen LogP contribution in [0.15, 0.2) is 40.6 Å². The molecule has 0 atom stereocenters. The van der Waals surface area contributed by atoms with E-state index in [1.54, 1.807) is 16.9 Å². The Morgan fingerprint density at radius 3 is 2.83 bits per heavy atom. The van der Waals surface area contributed by atoms with Gasteiger partial charge < -0.3 is 10.3 Å². The molecule has 29 heavy (non-hydrogen) atoms. The van der Waals surface area contributed by atoms with Crippen LogP contribution < -0.4 is 10.7 Å². The van der Waals surface area contributed by atoms with E-state index in [9.17, 15) is 9.59 Å². The number of hydrogen-bond donors (Lipinski definition) is 2. The van der Waals surface area contributed by atoms with Gasteiger partial charge in [0.1, 0.15) is 0 Å². The third kappa shape index (κ3) is 3.71. The van der Waals surface area contributed by atoms with Crippen LogP contribution in [0.3, 0.4) is 0 Å². The van der Waals surface area contributed by atoms with Crippen LogP contribution in [0.2, 0.25) is 0 Å². The number of fused-ring (bicyclic) bond motifs is 1. The second-order valence-corrected chi connectivity index (χ2v) is 7.81. The number of nitrogens with one attached hydrogen (secondary N) is 2. The Morgan fingerprint density at radius 2 is 2.07 bits per heavy atom. The van der Waals surface area contributed by atoms with Gasteiger partial charge in [-0.25, -0.2) is 4.98 Å². The first-order chi connectivity index (χ1) is 13.9. The standard InChI is InChI=1S/C21H21N5O2S/c1-12-14(20(28)15-6-4-5-7-17(15)23-12)8-9-19(27)25-21-24-18(11-29-21)16-10-22-26(3)13(16)2/h4-7,10-11H,8-9H2,1-3H3,(H,23,28)(H,24,25,27). The molecule has 0 bridgehead atoms. The van der Waals surface area contributed by atoms with Crippen molar-refractivity contribution in [2.75, 3.05) is 5.32 Å². The fourth-order valence-electron chi connectivity index (χ4n) is 3.33. The predicted molar refractivity (Wildman–Crippen MR) is 115 cm³/mol. The normalized spacial score (nSPS) is 11.1. The Hall–Kier alpha value is -3.26. The number of aromatic amines is 1. The number of thiazole rings is 1. The van der Waals surface area contributed by atoms with Gasteiger partial charge in [-0.3, -0.25) is 14.3 Å². The van der Waals surface area contributed by atoms with E-state index in [4.69, 9.17) is 0 Å². The molecule has 4 aromatic rings. The predicted octanol–water partition coefficient (Wildman–Crippen LogP) is 3.57. The average Bonchev–Trinajstić information content (AvgIpc) is 3.28. The first kappa shape index (κ1) is 19.1. The summed E-state index contributed by atoms with van der Waals surface area (Å²) in [5.74, 6) is -0.166. The van der Waals surface area contributed by atoms with Gasteiger partial charge in [-0.1, -0.05) is 12.1 Å². The minimum atomic E-state index is -0.166. The zero-order valence-electron chi connectivity index (χ0n) is 16.4. The number of pyridine rings is 1. The molecular formula is C21H21N5O2S. The molecule has 0 saturated carbocycles. The van der Waals surface area contributed by atoms with Crippen LogP contribution in [0.4, 0.5) is 5.13 Å². The Bertz CT molecular complexity index is 1270. The molecular weight excluding hydrogens is 386 g/mol. The molecule has 3 aromatic heterocycles. The summed E-state index contributed by atoms with van der Waals surface area (Å²) in [6.45, 7) is 3.84. The van der Waals surface area contributed by atoms with Crippen LogP contribution in [0.1, 0.15) is 23.4 Å². The van der Waals surface area contributed by atoms with Crippen LogP contribution in [0.5, 0.6) is 0 Å². The number of aryl methyl sites for hydroxylation is 2. The van der Waals surface area contributed by atoms with Crippen LogP contribution in [0, 0.1) is 13.8 Å². The summed E-state index contributed by atoms with van der Waals surface area (Å²) in [5.41, 5.74) is 4.98. The van der Waals surface area contributed by atoms with Crippen molar-refractivity contribution in [2.24, 2.45) is 7.05 Å². The largest absolute Gasteiger partial charge is 0.358 e. The number of hydrogen-bond acceptors (Lipinski definition) is 5. The highest BCUT2D eigenvalue weighted by Gasteiger charge is 2.14. The number of carbonyl (C=O) groups is 1. The van der Waals surface area contributed by atoms with Gasteiger partial charge in [0.15, 0.2) is 10.6 Å². The van der Waals surface area contributed by atoms with Gasteiger partial charge in [-0.05, 0) is 32.4 Å². The van der Waals surface area contributed by atoms with Crippen LogP contribution in [0.25, 0.3) is 22.2 Å². The van der Waals surface area contributed by atoms with Gasteiger partial charge in [0.05, 0.1) is 11.9 Å². The fourth-order valence-corrected chi connectivity index (χ4v) is 4.05. The van der Waals surface area contributed by atoms with Gasteiger partial charge in [-0.2, -0.15) is 5.10 Å². The Morgan fingerprint density at radius 1 is 1.28 bits per heavy atom. The summed E-state index contributed by atoms with van der Waals surface area (Å²) in [5, 5.41) is 10.1. The summed E-state index contributed by atoms with van der Waals surface area (Å²) in [6.07, 6.45) is 2.35. The third-order valence-corrected chi connectivity index (χ3v) is 5.84. The SMILES string of the molecule is Cc1[nH]c2ccccc2c(=O)c1CCC(=O)Nc1nc(-c2cnn(C)c2C)cs1. The van der Waals surface area contributed by atoms with Gasteiger partial charge in [0, 0.05) is 52.3 Å². The van der Waals surface area contributed by atoms with Crippen LogP contribution >= 0.6 is 11.3 Å². The number of H-pyrrole nitrogens is 1. The van der Waals surface area contributed by atoms with Crippen molar-refractivity contribution in [1.82, 2.24) is 19.7 Å². The summed E-state index contributed by atoms with van der Waals surface area (Å²) in [4.78, 5) is 32.9. The minimum absolute atomic E-state index is 0.0202. The highest BCUT2D eigenvalue weighted by molar-refractivity contribution is 7.14. The van der Waals surface area contributed by atoms with Crippen molar-refractivity contribution < 1.29 is 4.79 Å². The molecule has 1 aromatic carbocycles. The minimum Gasteiger partial charge on any atom is -0.358 e. The Kier molecular flexibility index (Phi) is 5.02. The molecule has 4 rings (SSSR count). The molecule has 7 nitrogen and oxygen atoms in total. The summed E-state index contributed by atoms with van der Waals surface area (Å²) in [7, 11) is 1.88. The lowest BCUT2D eigenvalue weighted by molar-refractivity contribution is -0.116. The Labute approximate surface area is 171 Å². The molecule has 0 saturated heterocycles. The molecule has 8 heteroatoms. The lowest BCUT2D eigenvalue weighted by Crippen LogP contribution is -2.17. The molecule has 0 spiro atoms. The van der Waals surface area contributed by atoms with E-state index in [1.807, 2.05) is 44.5 Å². The van der Waals surface area contributed by atoms with Crippen molar-refractivity contribution in [3.05, 3.63) is 63.0 Å². The number of para-hydroxylation sites is 1. The maximum Gasteiger partial charge on any atom is 0.226 e. The van der Waals surface area contributed by atoms with E-state index in [0.29, 0.717) is 22.5 Å². The molecule has 0 fully saturated rings. The number of amides is 1. The quantitative estimate of drug-likeness (QED) is 0.529. The number of anilines is 1. The topological polar surface area (TPSA) is 92.7 Å². The molecule has 0 aliphatic heterocycles. The second kappa shape index (κ2) is 7.63. The van der Waals surface area contributed by atoms with Crippen LogP contribution in [-0.4, -0.2) is 25.7 Å². The second-order valence-electron chi connectivity index (χ2n) is 6.96. The highest BCUT2D eigenvalue weighted by Crippen LogP contribution is 2.27. The average molecular weight is 407 g/mol. The number of rotatable bonds is 5. The van der Waals surface area contributed by atoms with E-state index >= 15 is 0 Å². The van der Waals surface area contributed by atoms with Gasteiger partial charge in [-0.15, -0.1) is 11.3 Å². The van der Waals surface area contributed by atoms with Crippen LogP contribution in [-0.2, 0) is 18.3 Å². The van der Waals surface area contributed by atoms with Crippen molar-refractivity contribution in [1.29, 1.82) is 0 Å². The van der Waals surface area contributed by atoms with Crippen molar-refractivity contribution >= 4 is 33.3 Å². The van der Waals surface area contributed by atoms with E-state index in [-0.39, 0.29) is 17.8 Å².